The van der Waals surface area contributed by atoms with Crippen LogP contribution in [-0.2, 0) is 4.74 Å². The molecule has 1 rings (SSSR count). The second kappa shape index (κ2) is 3.16. The van der Waals surface area contributed by atoms with Gasteiger partial charge in [-0.3, -0.25) is 0 Å². The van der Waals surface area contributed by atoms with Gasteiger partial charge in [0, 0.05) is 10.7 Å². The van der Waals surface area contributed by atoms with Crippen molar-refractivity contribution in [2.75, 3.05) is 7.11 Å². The minimum absolute atomic E-state index is 0.478. The molecular weight excluding hydrogens is 214 g/mol. The molecule has 0 radical (unpaired) electrons. The molecule has 1 aromatic rings. The van der Waals surface area contributed by atoms with Gasteiger partial charge in [0.05, 0.1) is 12.8 Å². The first-order chi connectivity index (χ1) is 4.74. The zero-order valence-corrected chi connectivity index (χ0v) is 7.75. The van der Waals surface area contributed by atoms with Crippen LogP contribution >= 0.6 is 28.1 Å². The number of hydrogen-bond acceptors (Lipinski definition) is 2. The number of halogens is 1. The molecule has 0 atom stereocenters. The van der Waals surface area contributed by atoms with Gasteiger partial charge >= 0.3 is 0 Å². The van der Waals surface area contributed by atoms with Crippen LogP contribution in [0, 0.1) is 0 Å². The van der Waals surface area contributed by atoms with Gasteiger partial charge in [0.25, 0.3) is 0 Å². The molecule has 0 saturated carbocycles. The van der Waals surface area contributed by atoms with E-state index in [-0.39, 0.29) is 0 Å². The maximum Gasteiger partial charge on any atom is 0.207 e. The molecule has 10 heavy (non-hydrogen) atoms. The zero-order valence-electron chi connectivity index (χ0n) is 5.35. The van der Waals surface area contributed by atoms with Crippen LogP contribution in [-0.4, -0.2) is 17.1 Å². The average Bonchev–Trinajstić information content (AvgIpc) is 2.34. The molecule has 1 aromatic heterocycles. The van der Waals surface area contributed by atoms with Crippen LogP contribution in [0.2, 0.25) is 0 Å². The first-order valence-electron chi connectivity index (χ1n) is 2.66. The van der Waals surface area contributed by atoms with Gasteiger partial charge in [0.2, 0.25) is 5.05 Å². The lowest BCUT2D eigenvalue weighted by Crippen LogP contribution is -1.98. The molecule has 1 heterocycles. The Balaban J connectivity index is 2.85. The van der Waals surface area contributed by atoms with E-state index in [2.05, 4.69) is 20.9 Å². The zero-order chi connectivity index (χ0) is 7.56. The van der Waals surface area contributed by atoms with Crippen molar-refractivity contribution in [1.29, 1.82) is 0 Å². The van der Waals surface area contributed by atoms with Crippen molar-refractivity contribution < 1.29 is 4.74 Å². The van der Waals surface area contributed by atoms with Crippen LogP contribution < -0.4 is 0 Å². The summed E-state index contributed by atoms with van der Waals surface area (Å²) in [6, 6.07) is 1.87. The topological polar surface area (TPSA) is 25.0 Å². The Morgan fingerprint density at radius 2 is 2.50 bits per heavy atom. The number of ether oxygens (including phenoxy) is 1. The van der Waals surface area contributed by atoms with Crippen molar-refractivity contribution in [2.45, 2.75) is 0 Å². The van der Waals surface area contributed by atoms with Crippen molar-refractivity contribution in [2.24, 2.45) is 0 Å². The predicted octanol–water partition coefficient (Wildman–Crippen LogP) is 2.10. The molecule has 0 spiro atoms. The monoisotopic (exact) mass is 219 g/mol. The summed E-state index contributed by atoms with van der Waals surface area (Å²) in [5.74, 6) is 0. The molecule has 0 amide bonds. The Labute approximate surface area is 72.7 Å². The van der Waals surface area contributed by atoms with Gasteiger partial charge in [0.1, 0.15) is 0 Å². The van der Waals surface area contributed by atoms with Crippen molar-refractivity contribution in [3.05, 3.63) is 22.4 Å². The van der Waals surface area contributed by atoms with Crippen LogP contribution in [0.4, 0.5) is 0 Å². The van der Waals surface area contributed by atoms with Gasteiger partial charge in [-0.1, -0.05) is 0 Å². The van der Waals surface area contributed by atoms with Gasteiger partial charge in [-0.2, -0.15) is 0 Å². The predicted molar refractivity (Wildman–Crippen MR) is 47.2 cm³/mol. The first kappa shape index (κ1) is 7.75. The Morgan fingerprint density at radius 1 is 1.80 bits per heavy atom. The summed E-state index contributed by atoms with van der Waals surface area (Å²) in [6.45, 7) is 0. The summed E-state index contributed by atoms with van der Waals surface area (Å²) in [4.78, 5) is 2.94. The number of H-pyrrole nitrogens is 1. The van der Waals surface area contributed by atoms with Crippen molar-refractivity contribution >= 4 is 33.2 Å². The van der Waals surface area contributed by atoms with E-state index in [9.17, 15) is 0 Å². The molecule has 0 unspecified atom stereocenters. The molecule has 0 aromatic carbocycles. The van der Waals surface area contributed by atoms with Gasteiger partial charge in [-0.15, -0.1) is 0 Å². The van der Waals surface area contributed by atoms with E-state index in [0.717, 1.165) is 10.2 Å². The van der Waals surface area contributed by atoms with Crippen LogP contribution in [0.1, 0.15) is 5.69 Å². The highest BCUT2D eigenvalue weighted by molar-refractivity contribution is 9.10. The molecule has 0 aliphatic carbocycles. The Bertz CT molecular complexity index is 246. The number of rotatable bonds is 1. The fraction of sp³-hybridized carbons (Fsp3) is 0.167. The molecule has 0 saturated heterocycles. The highest BCUT2D eigenvalue weighted by Crippen LogP contribution is 2.11. The van der Waals surface area contributed by atoms with E-state index in [4.69, 9.17) is 17.0 Å². The quantitative estimate of drug-likeness (QED) is 0.733. The van der Waals surface area contributed by atoms with Crippen LogP contribution in [0.25, 0.3) is 0 Å². The molecule has 54 valence electrons. The second-order valence-corrected chi connectivity index (χ2v) is 3.01. The lowest BCUT2D eigenvalue weighted by Gasteiger charge is -1.95. The third-order valence-corrected chi connectivity index (χ3v) is 1.90. The molecule has 2 nitrogen and oxygen atoms in total. The van der Waals surface area contributed by atoms with Crippen molar-refractivity contribution in [3.8, 4) is 0 Å². The summed E-state index contributed by atoms with van der Waals surface area (Å²) in [5, 5.41) is 0.478. The molecule has 4 heteroatoms. The Kier molecular flexibility index (Phi) is 2.45. The third-order valence-electron chi connectivity index (χ3n) is 1.05. The van der Waals surface area contributed by atoms with Gasteiger partial charge in [0.15, 0.2) is 0 Å². The fourth-order valence-electron chi connectivity index (χ4n) is 0.596. The lowest BCUT2D eigenvalue weighted by atomic mass is 10.5. The standard InChI is InChI=1S/C6H6BrNOS/c1-9-6(10)5-2-4(7)3-8-5/h2-3,8H,1H3. The number of aromatic amines is 1. The van der Waals surface area contributed by atoms with E-state index in [1.807, 2.05) is 6.07 Å². The Hall–Kier alpha value is -0.350. The molecule has 0 fully saturated rings. The number of nitrogens with one attached hydrogen (secondary N) is 1. The molecular formula is C6H6BrNOS. The molecule has 0 bridgehead atoms. The van der Waals surface area contributed by atoms with E-state index in [1.165, 1.54) is 0 Å². The van der Waals surface area contributed by atoms with Crippen LogP contribution in [0.15, 0.2) is 16.7 Å². The smallest absolute Gasteiger partial charge is 0.207 e. The average molecular weight is 220 g/mol. The second-order valence-electron chi connectivity index (χ2n) is 1.72. The van der Waals surface area contributed by atoms with Gasteiger partial charge in [-0.05, 0) is 34.2 Å². The summed E-state index contributed by atoms with van der Waals surface area (Å²) < 4.78 is 5.80. The van der Waals surface area contributed by atoms with Gasteiger partial charge < -0.3 is 9.72 Å². The van der Waals surface area contributed by atoms with Crippen molar-refractivity contribution in [1.82, 2.24) is 4.98 Å². The molecule has 0 aliphatic heterocycles. The number of methoxy groups -OCH3 is 1. The van der Waals surface area contributed by atoms with Crippen molar-refractivity contribution in [3.63, 3.8) is 0 Å². The minimum atomic E-state index is 0.478. The highest BCUT2D eigenvalue weighted by atomic mass is 79.9. The number of hydrogen-bond donors (Lipinski definition) is 1. The largest absolute Gasteiger partial charge is 0.485 e. The first-order valence-corrected chi connectivity index (χ1v) is 3.86. The van der Waals surface area contributed by atoms with E-state index < -0.39 is 0 Å². The third kappa shape index (κ3) is 1.58. The highest BCUT2D eigenvalue weighted by Gasteiger charge is 2.01. The summed E-state index contributed by atoms with van der Waals surface area (Å²) in [5.41, 5.74) is 0.823. The molecule has 1 N–H and O–H groups in total. The normalized spacial score (nSPS) is 9.40. The van der Waals surface area contributed by atoms with Gasteiger partial charge in [-0.25, -0.2) is 0 Å². The van der Waals surface area contributed by atoms with E-state index in [0.29, 0.717) is 5.05 Å². The van der Waals surface area contributed by atoms with Crippen LogP contribution in [0.5, 0.6) is 0 Å². The lowest BCUT2D eigenvalue weighted by molar-refractivity contribution is 0.415. The maximum atomic E-state index is 4.86. The molecule has 0 aliphatic rings. The van der Waals surface area contributed by atoms with Crippen LogP contribution in [0.3, 0.4) is 0 Å². The summed E-state index contributed by atoms with van der Waals surface area (Å²) in [6.07, 6.45) is 1.81. The Morgan fingerprint density at radius 3 is 2.90 bits per heavy atom. The minimum Gasteiger partial charge on any atom is -0.485 e. The summed E-state index contributed by atoms with van der Waals surface area (Å²) in [7, 11) is 1.55. The SMILES string of the molecule is COC(=S)c1cc(Br)c[nH]1. The maximum absolute atomic E-state index is 4.86. The number of aromatic nitrogens is 1. The fourth-order valence-corrected chi connectivity index (χ4v) is 1.06. The summed E-state index contributed by atoms with van der Waals surface area (Å²) >= 11 is 8.14. The number of thiocarbonyl (C=S) groups is 1. The van der Waals surface area contributed by atoms with E-state index in [1.54, 1.807) is 13.3 Å². The van der Waals surface area contributed by atoms with E-state index >= 15 is 0 Å².